The van der Waals surface area contributed by atoms with E-state index < -0.39 is 0 Å². The number of fused-ring (bicyclic) bond motifs is 3. The second-order valence-electron chi connectivity index (χ2n) is 9.00. The van der Waals surface area contributed by atoms with Gasteiger partial charge < -0.3 is 14.8 Å². The molecule has 3 heterocycles. The Morgan fingerprint density at radius 3 is 2.31 bits per heavy atom. The van der Waals surface area contributed by atoms with Crippen LogP contribution in [-0.4, -0.2) is 44.4 Å². The predicted molar refractivity (Wildman–Crippen MR) is 123 cm³/mol. The van der Waals surface area contributed by atoms with Crippen LogP contribution in [0.4, 0.5) is 0 Å². The van der Waals surface area contributed by atoms with Crippen LogP contribution in [0.3, 0.4) is 0 Å². The standard InChI is InChI=1S/C26H28N4O2/c1-17(2)27-25(31)23-22-15-20-13-14-21(30(20)26(32)19-11-7-4-8-12-19)16-29(22)24(28-23)18-9-5-3-6-10-18/h3-12,17,20-21H,13-16H2,1-2H3,(H,27,31)/t20-,21+/m0/s1. The highest BCUT2D eigenvalue weighted by molar-refractivity contribution is 5.96. The van der Waals surface area contributed by atoms with Gasteiger partial charge in [-0.15, -0.1) is 0 Å². The van der Waals surface area contributed by atoms with Gasteiger partial charge in [0.25, 0.3) is 11.8 Å². The molecule has 3 aromatic rings. The van der Waals surface area contributed by atoms with Crippen LogP contribution in [0.25, 0.3) is 11.4 Å². The lowest BCUT2D eigenvalue weighted by Crippen LogP contribution is -2.42. The Bertz CT molecular complexity index is 1140. The van der Waals surface area contributed by atoms with Gasteiger partial charge in [-0.3, -0.25) is 9.59 Å². The van der Waals surface area contributed by atoms with E-state index in [0.29, 0.717) is 18.7 Å². The fourth-order valence-corrected chi connectivity index (χ4v) is 5.05. The molecule has 0 radical (unpaired) electrons. The van der Waals surface area contributed by atoms with Crippen LogP contribution in [0.15, 0.2) is 60.7 Å². The van der Waals surface area contributed by atoms with Crippen molar-refractivity contribution in [2.45, 2.75) is 57.8 Å². The van der Waals surface area contributed by atoms with E-state index in [1.165, 1.54) is 0 Å². The van der Waals surface area contributed by atoms with Crippen molar-refractivity contribution in [2.24, 2.45) is 0 Å². The predicted octanol–water partition coefficient (Wildman–Crippen LogP) is 3.92. The minimum atomic E-state index is -0.148. The lowest BCUT2D eigenvalue weighted by molar-refractivity contribution is 0.0666. The van der Waals surface area contributed by atoms with Gasteiger partial charge >= 0.3 is 0 Å². The molecule has 2 aromatic carbocycles. The van der Waals surface area contributed by atoms with Crippen molar-refractivity contribution >= 4 is 11.8 Å². The van der Waals surface area contributed by atoms with Crippen LogP contribution in [0.1, 0.15) is 53.2 Å². The second kappa shape index (κ2) is 8.26. The third-order valence-electron chi connectivity index (χ3n) is 6.44. The van der Waals surface area contributed by atoms with Gasteiger partial charge in [0.05, 0.1) is 11.7 Å². The minimum Gasteiger partial charge on any atom is -0.348 e. The Labute approximate surface area is 188 Å². The highest BCUT2D eigenvalue weighted by Crippen LogP contribution is 2.36. The van der Waals surface area contributed by atoms with Crippen LogP contribution in [0, 0.1) is 0 Å². The van der Waals surface area contributed by atoms with Crippen molar-refractivity contribution in [3.8, 4) is 11.4 Å². The summed E-state index contributed by atoms with van der Waals surface area (Å²) in [7, 11) is 0. The number of nitrogens with zero attached hydrogens (tertiary/aromatic N) is 3. The van der Waals surface area contributed by atoms with Crippen molar-refractivity contribution in [3.05, 3.63) is 77.6 Å². The fraction of sp³-hybridized carbons (Fsp3) is 0.346. The van der Waals surface area contributed by atoms with Crippen molar-refractivity contribution in [2.75, 3.05) is 0 Å². The molecule has 2 aliphatic heterocycles. The zero-order valence-corrected chi connectivity index (χ0v) is 18.5. The van der Waals surface area contributed by atoms with Gasteiger partial charge in [-0.1, -0.05) is 48.5 Å². The molecular formula is C26H28N4O2. The molecule has 0 saturated carbocycles. The number of nitrogens with one attached hydrogen (secondary N) is 1. The van der Waals surface area contributed by atoms with E-state index in [4.69, 9.17) is 4.98 Å². The molecule has 1 saturated heterocycles. The van der Waals surface area contributed by atoms with Gasteiger partial charge in [0.15, 0.2) is 0 Å². The highest BCUT2D eigenvalue weighted by Gasteiger charge is 2.42. The Morgan fingerprint density at radius 2 is 1.62 bits per heavy atom. The first-order valence-electron chi connectivity index (χ1n) is 11.4. The summed E-state index contributed by atoms with van der Waals surface area (Å²) in [4.78, 5) is 33.4. The molecule has 0 unspecified atom stereocenters. The monoisotopic (exact) mass is 428 g/mol. The van der Waals surface area contributed by atoms with Gasteiger partial charge in [0.1, 0.15) is 11.5 Å². The maximum Gasteiger partial charge on any atom is 0.271 e. The number of carbonyl (C=O) groups excluding carboxylic acids is 2. The maximum absolute atomic E-state index is 13.4. The van der Waals surface area contributed by atoms with E-state index in [1.54, 1.807) is 0 Å². The van der Waals surface area contributed by atoms with E-state index in [1.807, 2.05) is 74.5 Å². The number of carbonyl (C=O) groups is 2. The van der Waals surface area contributed by atoms with E-state index in [-0.39, 0.29) is 29.9 Å². The number of aromatic nitrogens is 2. The number of hydrogen-bond donors (Lipinski definition) is 1. The summed E-state index contributed by atoms with van der Waals surface area (Å²) in [5, 5.41) is 3.00. The SMILES string of the molecule is CC(C)NC(=O)c1nc(-c2ccccc2)n2c1C[C@@H]1CC[C@H](C2)N1C(=O)c1ccccc1. The van der Waals surface area contributed by atoms with Gasteiger partial charge in [-0.25, -0.2) is 4.98 Å². The number of benzene rings is 2. The Balaban J connectivity index is 1.57. The quantitative estimate of drug-likeness (QED) is 0.685. The summed E-state index contributed by atoms with van der Waals surface area (Å²) in [5.74, 6) is 0.727. The lowest BCUT2D eigenvalue weighted by Gasteiger charge is -2.28. The Morgan fingerprint density at radius 1 is 0.969 bits per heavy atom. The molecule has 2 amide bonds. The minimum absolute atomic E-state index is 0.0263. The molecule has 0 aliphatic carbocycles. The summed E-state index contributed by atoms with van der Waals surface area (Å²) in [6.07, 6.45) is 2.54. The maximum atomic E-state index is 13.4. The highest BCUT2D eigenvalue weighted by atomic mass is 16.2. The van der Waals surface area contributed by atoms with Crippen molar-refractivity contribution in [3.63, 3.8) is 0 Å². The van der Waals surface area contributed by atoms with Crippen molar-refractivity contribution in [1.29, 1.82) is 0 Å². The van der Waals surface area contributed by atoms with Crippen LogP contribution in [0.5, 0.6) is 0 Å². The molecule has 32 heavy (non-hydrogen) atoms. The van der Waals surface area contributed by atoms with Crippen LogP contribution in [0.2, 0.25) is 0 Å². The second-order valence-corrected chi connectivity index (χ2v) is 9.00. The third kappa shape index (κ3) is 3.60. The van der Waals surface area contributed by atoms with Crippen LogP contribution < -0.4 is 5.32 Å². The summed E-state index contributed by atoms with van der Waals surface area (Å²) in [6, 6.07) is 19.7. The molecule has 6 heteroatoms. The first-order chi connectivity index (χ1) is 15.5. The lowest BCUT2D eigenvalue weighted by atomic mass is 10.0. The molecule has 1 fully saturated rings. The zero-order valence-electron chi connectivity index (χ0n) is 18.5. The number of hydrogen-bond acceptors (Lipinski definition) is 3. The molecule has 1 aromatic heterocycles. The molecule has 2 aliphatic rings. The van der Waals surface area contributed by atoms with E-state index >= 15 is 0 Å². The summed E-state index contributed by atoms with van der Waals surface area (Å²) < 4.78 is 2.18. The number of rotatable bonds is 4. The zero-order chi connectivity index (χ0) is 22.2. The molecule has 1 N–H and O–H groups in total. The van der Waals surface area contributed by atoms with Crippen LogP contribution >= 0.6 is 0 Å². The van der Waals surface area contributed by atoms with Gasteiger partial charge in [-0.2, -0.15) is 0 Å². The largest absolute Gasteiger partial charge is 0.348 e. The topological polar surface area (TPSA) is 67.2 Å². The first kappa shape index (κ1) is 20.5. The van der Waals surface area contributed by atoms with Crippen molar-refractivity contribution in [1.82, 2.24) is 19.8 Å². The van der Waals surface area contributed by atoms with E-state index in [0.717, 1.165) is 35.5 Å². The van der Waals surface area contributed by atoms with Crippen LogP contribution in [-0.2, 0) is 13.0 Å². The Hall–Kier alpha value is -3.41. The van der Waals surface area contributed by atoms with Gasteiger partial charge in [0, 0.05) is 36.2 Å². The third-order valence-corrected chi connectivity index (χ3v) is 6.44. The normalized spacial score (nSPS) is 19.5. The average molecular weight is 429 g/mol. The first-order valence-corrected chi connectivity index (χ1v) is 11.4. The molecule has 6 nitrogen and oxygen atoms in total. The summed E-state index contributed by atoms with van der Waals surface area (Å²) in [6.45, 7) is 4.55. The molecular weight excluding hydrogens is 400 g/mol. The number of imidazole rings is 1. The van der Waals surface area contributed by atoms with Gasteiger partial charge in [0.2, 0.25) is 0 Å². The number of amides is 2. The Kier molecular flexibility index (Phi) is 5.29. The summed E-state index contributed by atoms with van der Waals surface area (Å²) >= 11 is 0. The van der Waals surface area contributed by atoms with E-state index in [2.05, 4.69) is 14.8 Å². The summed E-state index contributed by atoms with van der Waals surface area (Å²) in [5.41, 5.74) is 3.11. The average Bonchev–Trinajstić information content (AvgIpc) is 3.30. The fourth-order valence-electron chi connectivity index (χ4n) is 5.05. The van der Waals surface area contributed by atoms with Crippen molar-refractivity contribution < 1.29 is 9.59 Å². The van der Waals surface area contributed by atoms with Gasteiger partial charge in [-0.05, 0) is 38.8 Å². The molecule has 2 bridgehead atoms. The van der Waals surface area contributed by atoms with E-state index in [9.17, 15) is 9.59 Å². The smallest absolute Gasteiger partial charge is 0.271 e. The molecule has 164 valence electrons. The molecule has 0 spiro atoms. The molecule has 5 rings (SSSR count). The molecule has 2 atom stereocenters.